The van der Waals surface area contributed by atoms with Gasteiger partial charge in [0.2, 0.25) is 0 Å². The van der Waals surface area contributed by atoms with Crippen LogP contribution in [0.1, 0.15) is 44.9 Å². The average Bonchev–Trinajstić information content (AvgIpc) is 2.52. The van der Waals surface area contributed by atoms with E-state index >= 15 is 0 Å². The first-order valence-electron chi connectivity index (χ1n) is 5.85. The van der Waals surface area contributed by atoms with Crippen LogP contribution in [0.5, 0.6) is 0 Å². The predicted molar refractivity (Wildman–Crippen MR) is 64.8 cm³/mol. The van der Waals surface area contributed by atoms with Crippen molar-refractivity contribution in [3.8, 4) is 6.07 Å². The molecule has 0 amide bonds. The Hall–Kier alpha value is -1.50. The second kappa shape index (κ2) is 5.55. The lowest BCUT2D eigenvalue weighted by Gasteiger charge is -2.05. The van der Waals surface area contributed by atoms with Crippen LogP contribution in [0.4, 0.5) is 5.82 Å². The zero-order valence-electron chi connectivity index (χ0n) is 10.3. The van der Waals surface area contributed by atoms with Crippen molar-refractivity contribution in [1.29, 1.82) is 5.26 Å². The van der Waals surface area contributed by atoms with Gasteiger partial charge in [0.25, 0.3) is 0 Å². The van der Waals surface area contributed by atoms with Crippen LogP contribution >= 0.6 is 0 Å². The molecule has 4 nitrogen and oxygen atoms in total. The first kappa shape index (κ1) is 12.6. The minimum absolute atomic E-state index is 0.520. The monoisotopic (exact) mass is 220 g/mol. The van der Waals surface area contributed by atoms with Crippen molar-refractivity contribution >= 4 is 5.82 Å². The summed E-state index contributed by atoms with van der Waals surface area (Å²) in [6, 6.07) is 2.15. The lowest BCUT2D eigenvalue weighted by atomic mass is 10.1. The number of aryl methyl sites for hydroxylation is 2. The van der Waals surface area contributed by atoms with Gasteiger partial charge in [0.15, 0.2) is 0 Å². The van der Waals surface area contributed by atoms with Crippen molar-refractivity contribution in [3.63, 3.8) is 0 Å². The van der Waals surface area contributed by atoms with E-state index < -0.39 is 0 Å². The van der Waals surface area contributed by atoms with Crippen molar-refractivity contribution in [2.45, 2.75) is 46.6 Å². The Labute approximate surface area is 97.1 Å². The van der Waals surface area contributed by atoms with E-state index in [1.807, 2.05) is 0 Å². The van der Waals surface area contributed by atoms with Gasteiger partial charge in [0.05, 0.1) is 5.69 Å². The zero-order valence-corrected chi connectivity index (χ0v) is 10.3. The van der Waals surface area contributed by atoms with Crippen LogP contribution in [0.3, 0.4) is 0 Å². The Morgan fingerprint density at radius 3 is 2.69 bits per heavy atom. The van der Waals surface area contributed by atoms with Crippen molar-refractivity contribution in [1.82, 2.24) is 9.78 Å². The number of nitrogen functional groups attached to an aromatic ring is 1. The molecule has 0 aliphatic rings. The minimum Gasteiger partial charge on any atom is -0.383 e. The largest absolute Gasteiger partial charge is 0.383 e. The molecule has 1 rings (SSSR count). The standard InChI is InChI=1S/C12H20N4/c1-4-5-11-10(8-13)12(14)16(15-11)7-6-9(2)3/h9H,4-7,14H2,1-3H3. The van der Waals surface area contributed by atoms with Gasteiger partial charge in [-0.1, -0.05) is 27.2 Å². The molecule has 1 aromatic heterocycles. The molecule has 16 heavy (non-hydrogen) atoms. The maximum Gasteiger partial charge on any atom is 0.140 e. The maximum absolute atomic E-state index is 9.03. The van der Waals surface area contributed by atoms with Gasteiger partial charge in [0.1, 0.15) is 17.5 Å². The third-order valence-electron chi connectivity index (χ3n) is 2.58. The number of nitrogens with two attached hydrogens (primary N) is 1. The second-order valence-corrected chi connectivity index (χ2v) is 4.47. The second-order valence-electron chi connectivity index (χ2n) is 4.47. The molecule has 0 bridgehead atoms. The fourth-order valence-corrected chi connectivity index (χ4v) is 1.61. The summed E-state index contributed by atoms with van der Waals surface area (Å²) in [5, 5.41) is 13.4. The van der Waals surface area contributed by atoms with Crippen molar-refractivity contribution in [2.24, 2.45) is 5.92 Å². The molecule has 0 aliphatic heterocycles. The van der Waals surface area contributed by atoms with Crippen LogP contribution in [-0.4, -0.2) is 9.78 Å². The minimum atomic E-state index is 0.520. The Morgan fingerprint density at radius 1 is 1.50 bits per heavy atom. The van der Waals surface area contributed by atoms with Gasteiger partial charge in [-0.05, 0) is 18.8 Å². The van der Waals surface area contributed by atoms with Crippen LogP contribution in [-0.2, 0) is 13.0 Å². The van der Waals surface area contributed by atoms with Crippen LogP contribution in [0.2, 0.25) is 0 Å². The first-order chi connectivity index (χ1) is 7.60. The topological polar surface area (TPSA) is 67.6 Å². The quantitative estimate of drug-likeness (QED) is 0.828. The number of nitrogens with zero attached hydrogens (tertiary/aromatic N) is 3. The molecular formula is C12H20N4. The normalized spacial score (nSPS) is 10.7. The molecule has 1 heterocycles. The summed E-state index contributed by atoms with van der Waals surface area (Å²) in [7, 11) is 0. The molecule has 2 N–H and O–H groups in total. The van der Waals surface area contributed by atoms with Crippen LogP contribution in [0.25, 0.3) is 0 Å². The Kier molecular flexibility index (Phi) is 4.36. The third kappa shape index (κ3) is 2.75. The molecule has 0 fully saturated rings. The third-order valence-corrected chi connectivity index (χ3v) is 2.58. The number of aromatic nitrogens is 2. The van der Waals surface area contributed by atoms with Crippen molar-refractivity contribution in [3.05, 3.63) is 11.3 Å². The lowest BCUT2D eigenvalue weighted by molar-refractivity contribution is 0.488. The van der Waals surface area contributed by atoms with E-state index in [2.05, 4.69) is 31.9 Å². The predicted octanol–water partition coefficient (Wildman–Crippen LogP) is 2.34. The molecular weight excluding hydrogens is 200 g/mol. The van der Waals surface area contributed by atoms with E-state index in [1.54, 1.807) is 4.68 Å². The lowest BCUT2D eigenvalue weighted by Crippen LogP contribution is -2.07. The van der Waals surface area contributed by atoms with Gasteiger partial charge < -0.3 is 5.73 Å². The molecule has 0 radical (unpaired) electrons. The smallest absolute Gasteiger partial charge is 0.140 e. The molecule has 1 aromatic rings. The molecule has 0 atom stereocenters. The van der Waals surface area contributed by atoms with Gasteiger partial charge in [-0.2, -0.15) is 10.4 Å². The highest BCUT2D eigenvalue weighted by Crippen LogP contribution is 2.18. The SMILES string of the molecule is CCCc1nn(CCC(C)C)c(N)c1C#N. The molecule has 0 spiro atoms. The summed E-state index contributed by atoms with van der Waals surface area (Å²) in [6.45, 7) is 7.20. The summed E-state index contributed by atoms with van der Waals surface area (Å²) >= 11 is 0. The molecule has 0 aliphatic carbocycles. The van der Waals surface area contributed by atoms with Crippen LogP contribution < -0.4 is 5.73 Å². The van der Waals surface area contributed by atoms with Gasteiger partial charge >= 0.3 is 0 Å². The Balaban J connectivity index is 2.90. The summed E-state index contributed by atoms with van der Waals surface area (Å²) in [4.78, 5) is 0. The summed E-state index contributed by atoms with van der Waals surface area (Å²) in [5.74, 6) is 1.13. The fourth-order valence-electron chi connectivity index (χ4n) is 1.61. The molecule has 0 unspecified atom stereocenters. The first-order valence-corrected chi connectivity index (χ1v) is 5.85. The Bertz CT molecular complexity index is 384. The van der Waals surface area contributed by atoms with Crippen molar-refractivity contribution in [2.75, 3.05) is 5.73 Å². The van der Waals surface area contributed by atoms with E-state index in [0.717, 1.165) is 31.5 Å². The maximum atomic E-state index is 9.03. The van der Waals surface area contributed by atoms with Crippen molar-refractivity contribution < 1.29 is 0 Å². The molecule has 0 saturated heterocycles. The molecule has 88 valence electrons. The summed E-state index contributed by atoms with van der Waals surface area (Å²) in [6.07, 6.45) is 2.83. The molecule has 0 aromatic carbocycles. The highest BCUT2D eigenvalue weighted by Gasteiger charge is 2.14. The molecule has 4 heteroatoms. The fraction of sp³-hybridized carbons (Fsp3) is 0.667. The number of hydrogen-bond acceptors (Lipinski definition) is 3. The molecule has 0 saturated carbocycles. The number of nitriles is 1. The zero-order chi connectivity index (χ0) is 12.1. The van der Waals surface area contributed by atoms with Gasteiger partial charge in [-0.3, -0.25) is 0 Å². The number of anilines is 1. The van der Waals surface area contributed by atoms with E-state index in [1.165, 1.54) is 0 Å². The van der Waals surface area contributed by atoms with Gasteiger partial charge in [0, 0.05) is 6.54 Å². The van der Waals surface area contributed by atoms with Crippen LogP contribution in [0.15, 0.2) is 0 Å². The van der Waals surface area contributed by atoms with E-state index in [4.69, 9.17) is 11.0 Å². The average molecular weight is 220 g/mol. The summed E-state index contributed by atoms with van der Waals surface area (Å²) in [5.41, 5.74) is 7.31. The number of hydrogen-bond donors (Lipinski definition) is 1. The van der Waals surface area contributed by atoms with E-state index in [0.29, 0.717) is 17.3 Å². The highest BCUT2D eigenvalue weighted by molar-refractivity contribution is 5.52. The van der Waals surface area contributed by atoms with Crippen LogP contribution in [0, 0.1) is 17.2 Å². The highest BCUT2D eigenvalue weighted by atomic mass is 15.3. The van der Waals surface area contributed by atoms with Gasteiger partial charge in [-0.25, -0.2) is 4.68 Å². The number of rotatable bonds is 5. The van der Waals surface area contributed by atoms with Gasteiger partial charge in [-0.15, -0.1) is 0 Å². The Morgan fingerprint density at radius 2 is 2.19 bits per heavy atom. The van der Waals surface area contributed by atoms with E-state index in [9.17, 15) is 0 Å². The van der Waals surface area contributed by atoms with E-state index in [-0.39, 0.29) is 0 Å². The summed E-state index contributed by atoms with van der Waals surface area (Å²) < 4.78 is 1.77.